The molecule has 0 radical (unpaired) electrons. The largest absolute Gasteiger partial charge is 0.497 e. The van der Waals surface area contributed by atoms with E-state index in [0.29, 0.717) is 35.8 Å². The molecule has 28 heavy (non-hydrogen) atoms. The first-order valence-corrected chi connectivity index (χ1v) is 9.74. The summed E-state index contributed by atoms with van der Waals surface area (Å²) in [6.45, 7) is 3.27. The zero-order valence-corrected chi connectivity index (χ0v) is 17.2. The van der Waals surface area contributed by atoms with Crippen LogP contribution in [0.15, 0.2) is 29.2 Å². The average Bonchev–Trinajstić information content (AvgIpc) is 2.71. The van der Waals surface area contributed by atoms with E-state index < -0.39 is 0 Å². The van der Waals surface area contributed by atoms with Crippen LogP contribution in [0.4, 0.5) is 0 Å². The summed E-state index contributed by atoms with van der Waals surface area (Å²) in [5.74, 6) is 0.403. The van der Waals surface area contributed by atoms with Crippen molar-refractivity contribution in [2.24, 2.45) is 0 Å². The van der Waals surface area contributed by atoms with Gasteiger partial charge in [0.2, 0.25) is 5.43 Å². The zero-order valence-electron chi connectivity index (χ0n) is 17.2. The summed E-state index contributed by atoms with van der Waals surface area (Å²) >= 11 is 0. The topological polar surface area (TPSA) is 68.9 Å². The number of hydrogen-bond donors (Lipinski definition) is 1. The SMILES string of the molecule is COc1ccc2[nH]cc(C(=O)N3CCC[C@@H](N(C)CCN(C)C)C3)c(=O)c2c1. The number of methoxy groups -OCH3 is 1. The fourth-order valence-electron chi connectivity index (χ4n) is 3.69. The molecule has 0 bridgehead atoms. The highest BCUT2D eigenvalue weighted by Crippen LogP contribution is 2.19. The normalized spacial score (nSPS) is 17.5. The predicted molar refractivity (Wildman–Crippen MR) is 111 cm³/mol. The van der Waals surface area contributed by atoms with Crippen LogP contribution in [-0.2, 0) is 0 Å². The summed E-state index contributed by atoms with van der Waals surface area (Å²) in [5, 5.41) is 0.474. The fourth-order valence-corrected chi connectivity index (χ4v) is 3.69. The molecule has 1 atom stereocenters. The number of pyridine rings is 1. The molecular weight excluding hydrogens is 356 g/mol. The first-order valence-electron chi connectivity index (χ1n) is 9.74. The number of ether oxygens (including phenoxy) is 1. The molecule has 2 aromatic rings. The van der Waals surface area contributed by atoms with Crippen LogP contribution in [0.5, 0.6) is 5.75 Å². The van der Waals surface area contributed by atoms with Crippen molar-refractivity contribution in [2.75, 3.05) is 54.4 Å². The molecule has 2 heterocycles. The van der Waals surface area contributed by atoms with Gasteiger partial charge in [0.25, 0.3) is 5.91 Å². The van der Waals surface area contributed by atoms with Gasteiger partial charge in [0.15, 0.2) is 0 Å². The van der Waals surface area contributed by atoms with Crippen molar-refractivity contribution in [3.8, 4) is 5.75 Å². The maximum absolute atomic E-state index is 13.1. The molecule has 1 aromatic carbocycles. The highest BCUT2D eigenvalue weighted by molar-refractivity contribution is 5.97. The van der Waals surface area contributed by atoms with Gasteiger partial charge in [0.1, 0.15) is 11.3 Å². The van der Waals surface area contributed by atoms with Crippen LogP contribution in [0, 0.1) is 0 Å². The van der Waals surface area contributed by atoms with Crippen LogP contribution < -0.4 is 10.2 Å². The van der Waals surface area contributed by atoms with Crippen molar-refractivity contribution in [2.45, 2.75) is 18.9 Å². The molecule has 0 saturated carbocycles. The Morgan fingerprint density at radius 1 is 1.29 bits per heavy atom. The lowest BCUT2D eigenvalue weighted by Crippen LogP contribution is -2.50. The van der Waals surface area contributed by atoms with Crippen LogP contribution in [-0.4, -0.2) is 86.1 Å². The lowest BCUT2D eigenvalue weighted by molar-refractivity contribution is 0.0602. The van der Waals surface area contributed by atoms with Gasteiger partial charge in [-0.3, -0.25) is 9.59 Å². The molecule has 1 fully saturated rings. The van der Waals surface area contributed by atoms with E-state index in [-0.39, 0.29) is 16.9 Å². The number of aromatic nitrogens is 1. The molecule has 1 saturated heterocycles. The van der Waals surface area contributed by atoms with Crippen molar-refractivity contribution in [3.63, 3.8) is 0 Å². The number of nitrogens with one attached hydrogen (secondary N) is 1. The number of piperidine rings is 1. The van der Waals surface area contributed by atoms with Gasteiger partial charge in [0.05, 0.1) is 7.11 Å². The van der Waals surface area contributed by atoms with Gasteiger partial charge in [0, 0.05) is 49.3 Å². The molecule has 1 N–H and O–H groups in total. The van der Waals surface area contributed by atoms with E-state index in [4.69, 9.17) is 4.74 Å². The Labute approximate surface area is 165 Å². The van der Waals surface area contributed by atoms with Gasteiger partial charge >= 0.3 is 0 Å². The molecule has 7 nitrogen and oxygen atoms in total. The maximum Gasteiger partial charge on any atom is 0.259 e. The number of aromatic amines is 1. The average molecular weight is 386 g/mol. The molecule has 152 valence electrons. The van der Waals surface area contributed by atoms with E-state index in [1.54, 1.807) is 31.5 Å². The highest BCUT2D eigenvalue weighted by Gasteiger charge is 2.28. The number of likely N-dealkylation sites (N-methyl/N-ethyl adjacent to an activating group) is 2. The van der Waals surface area contributed by atoms with Gasteiger partial charge in [-0.15, -0.1) is 0 Å². The van der Waals surface area contributed by atoms with Crippen LogP contribution in [0.1, 0.15) is 23.2 Å². The molecule has 3 rings (SSSR count). The number of carbonyl (C=O) groups excluding carboxylic acids is 1. The number of fused-ring (bicyclic) bond motifs is 1. The number of H-pyrrole nitrogens is 1. The van der Waals surface area contributed by atoms with Gasteiger partial charge < -0.3 is 24.4 Å². The monoisotopic (exact) mass is 386 g/mol. The summed E-state index contributed by atoms with van der Waals surface area (Å²) in [4.78, 5) is 35.4. The van der Waals surface area contributed by atoms with Gasteiger partial charge in [-0.05, 0) is 52.2 Å². The Kier molecular flexibility index (Phi) is 6.36. The van der Waals surface area contributed by atoms with E-state index >= 15 is 0 Å². The number of nitrogens with zero attached hydrogens (tertiary/aromatic N) is 3. The summed E-state index contributed by atoms with van der Waals surface area (Å²) in [6.07, 6.45) is 3.56. The van der Waals surface area contributed by atoms with Crippen molar-refractivity contribution in [1.82, 2.24) is 19.7 Å². The standard InChI is InChI=1S/C21H30N4O3/c1-23(2)10-11-24(3)15-6-5-9-25(14-15)21(27)18-13-22-19-8-7-16(28-4)12-17(19)20(18)26/h7-8,12-13,15H,5-6,9-11,14H2,1-4H3,(H,22,26)/t15-/m1/s1. The summed E-state index contributed by atoms with van der Waals surface area (Å²) in [5.41, 5.74) is 0.639. The third-order valence-electron chi connectivity index (χ3n) is 5.53. The molecule has 0 spiro atoms. The van der Waals surface area contributed by atoms with Crippen molar-refractivity contribution in [1.29, 1.82) is 0 Å². The number of rotatable bonds is 6. The smallest absolute Gasteiger partial charge is 0.259 e. The Bertz CT molecular complexity index is 893. The van der Waals surface area contributed by atoms with E-state index in [1.165, 1.54) is 0 Å². The van der Waals surface area contributed by atoms with E-state index in [9.17, 15) is 9.59 Å². The lowest BCUT2D eigenvalue weighted by Gasteiger charge is -2.38. The zero-order chi connectivity index (χ0) is 20.3. The Balaban J connectivity index is 1.79. The molecule has 7 heteroatoms. The summed E-state index contributed by atoms with van der Waals surface area (Å²) < 4.78 is 5.22. The molecule has 1 amide bonds. The Hall–Kier alpha value is -2.38. The fraction of sp³-hybridized carbons (Fsp3) is 0.524. The molecule has 1 aromatic heterocycles. The second-order valence-corrected chi connectivity index (χ2v) is 7.77. The minimum absolute atomic E-state index is 0.192. The Morgan fingerprint density at radius 3 is 2.79 bits per heavy atom. The number of hydrogen-bond acceptors (Lipinski definition) is 5. The van der Waals surface area contributed by atoms with Crippen LogP contribution in [0.3, 0.4) is 0 Å². The molecule has 1 aliphatic heterocycles. The predicted octanol–water partition coefficient (Wildman–Crippen LogP) is 1.63. The number of benzene rings is 1. The van der Waals surface area contributed by atoms with Crippen LogP contribution >= 0.6 is 0 Å². The lowest BCUT2D eigenvalue weighted by atomic mass is 10.0. The minimum Gasteiger partial charge on any atom is -0.497 e. The molecular formula is C21H30N4O3. The maximum atomic E-state index is 13.1. The Morgan fingerprint density at radius 2 is 2.07 bits per heavy atom. The summed E-state index contributed by atoms with van der Waals surface area (Å²) in [6, 6.07) is 5.58. The minimum atomic E-state index is -0.249. The first-order chi connectivity index (χ1) is 13.4. The number of likely N-dealkylation sites (tertiary alicyclic amines) is 1. The van der Waals surface area contributed by atoms with Gasteiger partial charge in [-0.2, -0.15) is 0 Å². The van der Waals surface area contributed by atoms with Crippen molar-refractivity contribution >= 4 is 16.8 Å². The third-order valence-corrected chi connectivity index (χ3v) is 5.53. The van der Waals surface area contributed by atoms with Gasteiger partial charge in [-0.25, -0.2) is 0 Å². The number of amides is 1. The molecule has 0 unspecified atom stereocenters. The van der Waals surface area contributed by atoms with Crippen LogP contribution in [0.25, 0.3) is 10.9 Å². The van der Waals surface area contributed by atoms with E-state index in [2.05, 4.69) is 35.9 Å². The molecule has 0 aliphatic carbocycles. The van der Waals surface area contributed by atoms with Crippen molar-refractivity contribution < 1.29 is 9.53 Å². The first kappa shape index (κ1) is 20.4. The second kappa shape index (κ2) is 8.75. The second-order valence-electron chi connectivity index (χ2n) is 7.77. The third kappa shape index (κ3) is 4.36. The van der Waals surface area contributed by atoms with Gasteiger partial charge in [-0.1, -0.05) is 0 Å². The quantitative estimate of drug-likeness (QED) is 0.817. The highest BCUT2D eigenvalue weighted by atomic mass is 16.5. The molecule has 1 aliphatic rings. The van der Waals surface area contributed by atoms with E-state index in [1.807, 2.05) is 4.90 Å². The van der Waals surface area contributed by atoms with Crippen molar-refractivity contribution in [3.05, 3.63) is 40.2 Å². The summed E-state index contributed by atoms with van der Waals surface area (Å²) in [7, 11) is 7.79. The van der Waals surface area contributed by atoms with Crippen LogP contribution in [0.2, 0.25) is 0 Å². The van der Waals surface area contributed by atoms with E-state index in [0.717, 1.165) is 25.9 Å². The number of carbonyl (C=O) groups is 1.